The summed E-state index contributed by atoms with van der Waals surface area (Å²) in [5, 5.41) is 13.3. The van der Waals surface area contributed by atoms with Crippen molar-refractivity contribution in [1.29, 1.82) is 0 Å². The second-order valence-corrected chi connectivity index (χ2v) is 8.02. The van der Waals surface area contributed by atoms with Gasteiger partial charge in [0.15, 0.2) is 5.13 Å². The van der Waals surface area contributed by atoms with Crippen LogP contribution in [0.4, 0.5) is 15.7 Å². The van der Waals surface area contributed by atoms with Crippen molar-refractivity contribution in [2.75, 3.05) is 23.3 Å². The Kier molecular flexibility index (Phi) is 5.70. The molecule has 0 bridgehead atoms. The summed E-state index contributed by atoms with van der Waals surface area (Å²) in [6.45, 7) is 1.56. The zero-order chi connectivity index (χ0) is 20.4. The third-order valence-electron chi connectivity index (χ3n) is 4.29. The summed E-state index contributed by atoms with van der Waals surface area (Å²) in [5.74, 6) is 0.326. The largest absolute Gasteiger partial charge is 0.336 e. The van der Waals surface area contributed by atoms with Crippen LogP contribution in [0.3, 0.4) is 0 Å². The minimum absolute atomic E-state index is 0.0961. The number of hydrogen-bond acceptors (Lipinski definition) is 5. The highest BCUT2D eigenvalue weighted by molar-refractivity contribution is 7.14. The molecule has 0 atom stereocenters. The van der Waals surface area contributed by atoms with Crippen LogP contribution in [-0.4, -0.2) is 39.8 Å². The number of thiazole rings is 1. The SMILES string of the molecule is O=C(Cc1csc(N2CCNC2=O)n1)Nc1ccnn1Cc1ccc(Cl)cc1Cl. The molecular formula is C18H16Cl2N6O2S. The lowest BCUT2D eigenvalue weighted by Crippen LogP contribution is -2.27. The van der Waals surface area contributed by atoms with E-state index in [1.807, 2.05) is 6.07 Å². The Morgan fingerprint density at radius 1 is 1.31 bits per heavy atom. The molecule has 3 heterocycles. The van der Waals surface area contributed by atoms with Gasteiger partial charge >= 0.3 is 6.03 Å². The van der Waals surface area contributed by atoms with Crippen LogP contribution in [0.2, 0.25) is 10.0 Å². The Hall–Kier alpha value is -2.62. The summed E-state index contributed by atoms with van der Waals surface area (Å²) in [5.41, 5.74) is 1.44. The molecule has 0 aliphatic carbocycles. The Bertz CT molecular complexity index is 1070. The molecule has 1 aliphatic rings. The Morgan fingerprint density at radius 3 is 2.93 bits per heavy atom. The minimum Gasteiger partial charge on any atom is -0.336 e. The molecule has 29 heavy (non-hydrogen) atoms. The van der Waals surface area contributed by atoms with Crippen LogP contribution in [0.15, 0.2) is 35.8 Å². The molecule has 0 unspecified atom stereocenters. The van der Waals surface area contributed by atoms with E-state index in [1.54, 1.807) is 39.4 Å². The summed E-state index contributed by atoms with van der Waals surface area (Å²) >= 11 is 13.5. The van der Waals surface area contributed by atoms with Gasteiger partial charge in [0.1, 0.15) is 5.82 Å². The van der Waals surface area contributed by atoms with Crippen LogP contribution >= 0.6 is 34.5 Å². The molecule has 8 nitrogen and oxygen atoms in total. The number of benzene rings is 1. The van der Waals surface area contributed by atoms with Gasteiger partial charge in [0.05, 0.1) is 24.9 Å². The average molecular weight is 451 g/mol. The van der Waals surface area contributed by atoms with E-state index in [0.717, 1.165) is 5.56 Å². The lowest BCUT2D eigenvalue weighted by molar-refractivity contribution is -0.115. The van der Waals surface area contributed by atoms with Gasteiger partial charge in [0.25, 0.3) is 0 Å². The Morgan fingerprint density at radius 2 is 2.17 bits per heavy atom. The molecule has 150 valence electrons. The van der Waals surface area contributed by atoms with Crippen molar-refractivity contribution < 1.29 is 9.59 Å². The molecule has 1 aromatic carbocycles. The Balaban J connectivity index is 1.40. The van der Waals surface area contributed by atoms with Gasteiger partial charge in [-0.2, -0.15) is 5.10 Å². The minimum atomic E-state index is -0.225. The monoisotopic (exact) mass is 450 g/mol. The summed E-state index contributed by atoms with van der Waals surface area (Å²) in [6.07, 6.45) is 1.70. The molecule has 4 rings (SSSR count). The fourth-order valence-electron chi connectivity index (χ4n) is 2.88. The van der Waals surface area contributed by atoms with E-state index in [0.29, 0.717) is 46.3 Å². The summed E-state index contributed by atoms with van der Waals surface area (Å²) in [6, 6.07) is 6.79. The van der Waals surface area contributed by atoms with Crippen LogP contribution in [0.5, 0.6) is 0 Å². The molecule has 2 aromatic heterocycles. The molecular weight excluding hydrogens is 435 g/mol. The maximum atomic E-state index is 12.5. The van der Waals surface area contributed by atoms with E-state index < -0.39 is 0 Å². The van der Waals surface area contributed by atoms with Gasteiger partial charge in [-0.15, -0.1) is 11.3 Å². The number of rotatable bonds is 6. The zero-order valence-electron chi connectivity index (χ0n) is 15.1. The predicted octanol–water partition coefficient (Wildman–Crippen LogP) is 3.41. The van der Waals surface area contributed by atoms with E-state index in [-0.39, 0.29) is 18.4 Å². The van der Waals surface area contributed by atoms with Crippen molar-refractivity contribution in [2.45, 2.75) is 13.0 Å². The maximum absolute atomic E-state index is 12.5. The second kappa shape index (κ2) is 8.40. The standard InChI is InChI=1S/C18H16Cl2N6O2S/c19-12-2-1-11(14(20)7-12)9-26-15(3-4-22-26)24-16(27)8-13-10-29-18(23-13)25-6-5-21-17(25)28/h1-4,7,10H,5-6,8-9H2,(H,21,28)(H,24,27). The smallest absolute Gasteiger partial charge is 0.323 e. The fraction of sp³-hybridized carbons (Fsp3) is 0.222. The number of halogens is 2. The average Bonchev–Trinajstić information content (AvgIpc) is 3.40. The van der Waals surface area contributed by atoms with Crippen molar-refractivity contribution in [2.24, 2.45) is 0 Å². The quantitative estimate of drug-likeness (QED) is 0.601. The van der Waals surface area contributed by atoms with Crippen molar-refractivity contribution in [3.05, 3.63) is 57.1 Å². The van der Waals surface area contributed by atoms with Gasteiger partial charge in [0, 0.05) is 34.6 Å². The molecule has 1 aliphatic heterocycles. The first kappa shape index (κ1) is 19.7. The van der Waals surface area contributed by atoms with Crippen LogP contribution in [-0.2, 0) is 17.8 Å². The predicted molar refractivity (Wildman–Crippen MR) is 113 cm³/mol. The normalized spacial score (nSPS) is 13.6. The lowest BCUT2D eigenvalue weighted by Gasteiger charge is -2.10. The van der Waals surface area contributed by atoms with Gasteiger partial charge in [-0.1, -0.05) is 29.3 Å². The third-order valence-corrected chi connectivity index (χ3v) is 5.79. The summed E-state index contributed by atoms with van der Waals surface area (Å²) < 4.78 is 1.65. The molecule has 0 spiro atoms. The number of urea groups is 1. The first-order valence-electron chi connectivity index (χ1n) is 8.75. The van der Waals surface area contributed by atoms with Crippen molar-refractivity contribution in [3.8, 4) is 0 Å². The van der Waals surface area contributed by atoms with Crippen molar-refractivity contribution in [1.82, 2.24) is 20.1 Å². The fourth-order valence-corrected chi connectivity index (χ4v) is 4.20. The first-order chi connectivity index (χ1) is 14.0. The van der Waals surface area contributed by atoms with Gasteiger partial charge in [-0.05, 0) is 17.7 Å². The van der Waals surface area contributed by atoms with Crippen LogP contribution in [0, 0.1) is 0 Å². The topological polar surface area (TPSA) is 92.2 Å². The van der Waals surface area contributed by atoms with E-state index in [2.05, 4.69) is 20.7 Å². The highest BCUT2D eigenvalue weighted by Crippen LogP contribution is 2.24. The highest BCUT2D eigenvalue weighted by atomic mass is 35.5. The molecule has 2 N–H and O–H groups in total. The van der Waals surface area contributed by atoms with Crippen molar-refractivity contribution in [3.63, 3.8) is 0 Å². The lowest BCUT2D eigenvalue weighted by atomic mass is 10.2. The summed E-state index contributed by atoms with van der Waals surface area (Å²) in [7, 11) is 0. The number of anilines is 2. The van der Waals surface area contributed by atoms with Crippen LogP contribution in [0.25, 0.3) is 0 Å². The summed E-state index contributed by atoms with van der Waals surface area (Å²) in [4.78, 5) is 30.1. The number of amides is 3. The van der Waals surface area contributed by atoms with Gasteiger partial charge in [-0.25, -0.2) is 14.5 Å². The maximum Gasteiger partial charge on any atom is 0.323 e. The molecule has 11 heteroatoms. The molecule has 0 saturated carbocycles. The number of nitrogens with one attached hydrogen (secondary N) is 2. The van der Waals surface area contributed by atoms with E-state index in [4.69, 9.17) is 23.2 Å². The Labute approximate surface area is 180 Å². The molecule has 1 saturated heterocycles. The van der Waals surface area contributed by atoms with E-state index in [1.165, 1.54) is 11.3 Å². The number of aromatic nitrogens is 3. The van der Waals surface area contributed by atoms with Crippen LogP contribution < -0.4 is 15.5 Å². The van der Waals surface area contributed by atoms with E-state index >= 15 is 0 Å². The molecule has 3 aromatic rings. The number of carbonyl (C=O) groups excluding carboxylic acids is 2. The van der Waals surface area contributed by atoms with E-state index in [9.17, 15) is 9.59 Å². The molecule has 0 radical (unpaired) electrons. The van der Waals surface area contributed by atoms with Gasteiger partial charge in [-0.3, -0.25) is 9.69 Å². The van der Waals surface area contributed by atoms with Gasteiger partial charge in [0.2, 0.25) is 5.91 Å². The van der Waals surface area contributed by atoms with Crippen molar-refractivity contribution >= 4 is 57.4 Å². The zero-order valence-corrected chi connectivity index (χ0v) is 17.4. The third kappa shape index (κ3) is 4.52. The first-order valence-corrected chi connectivity index (χ1v) is 10.4. The highest BCUT2D eigenvalue weighted by Gasteiger charge is 2.24. The number of nitrogens with zero attached hydrogens (tertiary/aromatic N) is 4. The second-order valence-electron chi connectivity index (χ2n) is 6.34. The molecule has 3 amide bonds. The van der Waals surface area contributed by atoms with Crippen LogP contribution in [0.1, 0.15) is 11.3 Å². The van der Waals surface area contributed by atoms with Gasteiger partial charge < -0.3 is 10.6 Å². The number of carbonyl (C=O) groups is 2. The molecule has 1 fully saturated rings. The number of hydrogen-bond donors (Lipinski definition) is 2.